The molecule has 0 saturated heterocycles. The smallest absolute Gasteiger partial charge is 0.264 e. The first-order valence-electron chi connectivity index (χ1n) is 12.4. The van der Waals surface area contributed by atoms with E-state index in [-0.39, 0.29) is 23.0 Å². The normalized spacial score (nSPS) is 11.9. The Morgan fingerprint density at radius 3 is 2.21 bits per heavy atom. The van der Waals surface area contributed by atoms with E-state index >= 15 is 0 Å². The van der Waals surface area contributed by atoms with E-state index in [0.717, 1.165) is 21.0 Å². The van der Waals surface area contributed by atoms with Gasteiger partial charge in [-0.15, -0.1) is 0 Å². The topological polar surface area (TPSA) is 96.0 Å². The van der Waals surface area contributed by atoms with Gasteiger partial charge in [-0.3, -0.25) is 13.9 Å². The van der Waals surface area contributed by atoms with Gasteiger partial charge in [-0.2, -0.15) is 0 Å². The number of anilines is 1. The van der Waals surface area contributed by atoms with Crippen LogP contribution in [0.2, 0.25) is 0 Å². The lowest BCUT2D eigenvalue weighted by atomic mass is 10.1. The summed E-state index contributed by atoms with van der Waals surface area (Å²) >= 11 is 0. The van der Waals surface area contributed by atoms with Gasteiger partial charge in [-0.05, 0) is 63.1 Å². The molecule has 0 bridgehead atoms. The van der Waals surface area contributed by atoms with Crippen LogP contribution in [0.15, 0.2) is 77.7 Å². The number of carbonyl (C=O) groups is 2. The Hall–Kier alpha value is -3.85. The monoisotopic (exact) mass is 537 g/mol. The zero-order valence-electron chi connectivity index (χ0n) is 22.5. The number of rotatable bonds is 11. The van der Waals surface area contributed by atoms with E-state index in [0.29, 0.717) is 12.3 Å². The standard InChI is InChI=1S/C29H35N3O5S/c1-6-30-29(34)23(4)31(19-24-12-8-7-11-22(24)3)28(33)20-32(26-13-9-10-14-27(26)37-5)38(35,36)25-17-15-21(2)16-18-25/h7-18,23H,6,19-20H2,1-5H3,(H,30,34). The molecule has 0 aliphatic carbocycles. The van der Waals surface area contributed by atoms with Crippen molar-refractivity contribution in [1.82, 2.24) is 10.2 Å². The molecule has 0 heterocycles. The second-order valence-corrected chi connectivity index (χ2v) is 10.9. The van der Waals surface area contributed by atoms with Crippen LogP contribution in [0.25, 0.3) is 0 Å². The Morgan fingerprint density at radius 2 is 1.58 bits per heavy atom. The van der Waals surface area contributed by atoms with Gasteiger partial charge < -0.3 is 15.0 Å². The number of amides is 2. The molecule has 8 nitrogen and oxygen atoms in total. The van der Waals surface area contributed by atoms with E-state index < -0.39 is 28.5 Å². The summed E-state index contributed by atoms with van der Waals surface area (Å²) in [6.45, 7) is 7.27. The molecule has 1 unspecified atom stereocenters. The van der Waals surface area contributed by atoms with Crippen molar-refractivity contribution in [3.8, 4) is 5.75 Å². The highest BCUT2D eigenvalue weighted by Gasteiger charge is 2.33. The lowest BCUT2D eigenvalue weighted by Gasteiger charge is -2.32. The third kappa shape index (κ3) is 6.52. The summed E-state index contributed by atoms with van der Waals surface area (Å²) in [6.07, 6.45) is 0. The molecule has 0 aromatic heterocycles. The van der Waals surface area contributed by atoms with Crippen LogP contribution >= 0.6 is 0 Å². The fraction of sp³-hybridized carbons (Fsp3) is 0.310. The molecular formula is C29H35N3O5S. The number of benzene rings is 3. The molecule has 1 atom stereocenters. The lowest BCUT2D eigenvalue weighted by Crippen LogP contribution is -2.51. The summed E-state index contributed by atoms with van der Waals surface area (Å²) in [5.41, 5.74) is 2.96. The first kappa shape index (κ1) is 28.7. The first-order chi connectivity index (χ1) is 18.1. The number of nitrogens with zero attached hydrogens (tertiary/aromatic N) is 2. The highest BCUT2D eigenvalue weighted by atomic mass is 32.2. The van der Waals surface area contributed by atoms with Gasteiger partial charge in [0.1, 0.15) is 18.3 Å². The van der Waals surface area contributed by atoms with Crippen LogP contribution in [0.4, 0.5) is 5.69 Å². The maximum atomic E-state index is 13.9. The molecule has 0 aliphatic rings. The second kappa shape index (κ2) is 12.6. The maximum absolute atomic E-state index is 13.9. The van der Waals surface area contributed by atoms with E-state index in [1.54, 1.807) is 50.2 Å². The van der Waals surface area contributed by atoms with Crippen LogP contribution in [-0.4, -0.2) is 51.4 Å². The average Bonchev–Trinajstić information content (AvgIpc) is 2.91. The second-order valence-electron chi connectivity index (χ2n) is 9.02. The first-order valence-corrected chi connectivity index (χ1v) is 13.9. The molecule has 38 heavy (non-hydrogen) atoms. The Balaban J connectivity index is 2.08. The van der Waals surface area contributed by atoms with E-state index in [1.807, 2.05) is 38.1 Å². The van der Waals surface area contributed by atoms with Gasteiger partial charge in [0.25, 0.3) is 10.0 Å². The third-order valence-corrected chi connectivity index (χ3v) is 8.14. The molecule has 3 aromatic carbocycles. The molecule has 0 radical (unpaired) electrons. The van der Waals surface area contributed by atoms with E-state index in [2.05, 4.69) is 5.32 Å². The third-order valence-electron chi connectivity index (χ3n) is 6.36. The van der Waals surface area contributed by atoms with Gasteiger partial charge >= 0.3 is 0 Å². The van der Waals surface area contributed by atoms with Crippen LogP contribution in [0.5, 0.6) is 5.75 Å². The fourth-order valence-electron chi connectivity index (χ4n) is 4.06. The van der Waals surface area contributed by atoms with Crippen molar-refractivity contribution >= 4 is 27.5 Å². The molecule has 3 aromatic rings. The maximum Gasteiger partial charge on any atom is 0.264 e. The fourth-order valence-corrected chi connectivity index (χ4v) is 5.49. The zero-order valence-corrected chi connectivity index (χ0v) is 23.3. The molecule has 9 heteroatoms. The number of para-hydroxylation sites is 2. The number of ether oxygens (including phenoxy) is 1. The van der Waals surface area contributed by atoms with Crippen molar-refractivity contribution in [2.24, 2.45) is 0 Å². The quantitative estimate of drug-likeness (QED) is 0.398. The van der Waals surface area contributed by atoms with Gasteiger partial charge in [-0.1, -0.05) is 54.1 Å². The molecule has 0 spiro atoms. The molecule has 0 saturated carbocycles. The van der Waals surface area contributed by atoms with Gasteiger partial charge in [0.15, 0.2) is 0 Å². The summed E-state index contributed by atoms with van der Waals surface area (Å²) < 4.78 is 34.3. The average molecular weight is 538 g/mol. The van der Waals surface area contributed by atoms with Crippen molar-refractivity contribution in [2.45, 2.75) is 45.2 Å². The Morgan fingerprint density at radius 1 is 0.947 bits per heavy atom. The molecule has 2 amide bonds. The zero-order chi connectivity index (χ0) is 27.9. The van der Waals surface area contributed by atoms with Crippen molar-refractivity contribution < 1.29 is 22.7 Å². The highest BCUT2D eigenvalue weighted by Crippen LogP contribution is 2.32. The predicted octanol–water partition coefficient (Wildman–Crippen LogP) is 4.06. The number of hydrogen-bond donors (Lipinski definition) is 1. The number of likely N-dealkylation sites (N-methyl/N-ethyl adjacent to an activating group) is 1. The summed E-state index contributed by atoms with van der Waals surface area (Å²) in [6, 6.07) is 19.8. The SMILES string of the molecule is CCNC(=O)C(C)N(Cc1ccccc1C)C(=O)CN(c1ccccc1OC)S(=O)(=O)c1ccc(C)cc1. The number of sulfonamides is 1. The Labute approximate surface area is 225 Å². The minimum atomic E-state index is -4.16. The van der Waals surface area contributed by atoms with Gasteiger partial charge in [0, 0.05) is 13.1 Å². The number of methoxy groups -OCH3 is 1. The molecule has 0 fully saturated rings. The van der Waals surface area contributed by atoms with Crippen molar-refractivity contribution in [3.05, 3.63) is 89.5 Å². The molecule has 202 valence electrons. The van der Waals surface area contributed by atoms with Crippen LogP contribution in [-0.2, 0) is 26.2 Å². The van der Waals surface area contributed by atoms with Crippen molar-refractivity contribution in [2.75, 3.05) is 24.5 Å². The van der Waals surface area contributed by atoms with Gasteiger partial charge in [0.05, 0.1) is 17.7 Å². The lowest BCUT2D eigenvalue weighted by molar-refractivity contribution is -0.139. The minimum absolute atomic E-state index is 0.0454. The molecule has 1 N–H and O–H groups in total. The Kier molecular flexibility index (Phi) is 9.52. The highest BCUT2D eigenvalue weighted by molar-refractivity contribution is 7.92. The number of aryl methyl sites for hydroxylation is 2. The van der Waals surface area contributed by atoms with Gasteiger partial charge in [0.2, 0.25) is 11.8 Å². The number of hydrogen-bond acceptors (Lipinski definition) is 5. The molecular weight excluding hydrogens is 502 g/mol. The largest absolute Gasteiger partial charge is 0.495 e. The van der Waals surface area contributed by atoms with Crippen LogP contribution in [0.3, 0.4) is 0 Å². The van der Waals surface area contributed by atoms with Crippen molar-refractivity contribution in [1.29, 1.82) is 0 Å². The molecule has 3 rings (SSSR count). The predicted molar refractivity (Wildman–Crippen MR) is 149 cm³/mol. The number of carbonyl (C=O) groups excluding carboxylic acids is 2. The molecule has 0 aliphatic heterocycles. The van der Waals surface area contributed by atoms with Crippen molar-refractivity contribution in [3.63, 3.8) is 0 Å². The summed E-state index contributed by atoms with van der Waals surface area (Å²) in [5, 5.41) is 2.76. The summed E-state index contributed by atoms with van der Waals surface area (Å²) in [7, 11) is -2.72. The van der Waals surface area contributed by atoms with E-state index in [4.69, 9.17) is 4.74 Å². The van der Waals surface area contributed by atoms with Crippen LogP contribution in [0.1, 0.15) is 30.5 Å². The van der Waals surface area contributed by atoms with Crippen LogP contribution in [0, 0.1) is 13.8 Å². The number of nitrogens with one attached hydrogen (secondary N) is 1. The van der Waals surface area contributed by atoms with Gasteiger partial charge in [-0.25, -0.2) is 8.42 Å². The van der Waals surface area contributed by atoms with E-state index in [1.165, 1.54) is 24.1 Å². The minimum Gasteiger partial charge on any atom is -0.495 e. The van der Waals surface area contributed by atoms with E-state index in [9.17, 15) is 18.0 Å². The summed E-state index contributed by atoms with van der Waals surface area (Å²) in [5.74, 6) is -0.536. The Bertz CT molecular complexity index is 1370. The summed E-state index contributed by atoms with van der Waals surface area (Å²) in [4.78, 5) is 28.2. The van der Waals surface area contributed by atoms with Crippen LogP contribution < -0.4 is 14.4 Å².